The standard InChI is InChI=1S/C14H21N5/c1-18(2)13-6-4-5-12(8-13)14(17-15)7-11-9-16-19(3)10-11/h4-6,8-10,14,17H,7,15H2,1-3H3. The van der Waals surface area contributed by atoms with Crippen LogP contribution in [-0.2, 0) is 13.5 Å². The maximum Gasteiger partial charge on any atom is 0.0522 e. The smallest absolute Gasteiger partial charge is 0.0522 e. The third kappa shape index (κ3) is 3.33. The van der Waals surface area contributed by atoms with Gasteiger partial charge in [0.2, 0.25) is 0 Å². The number of aromatic nitrogens is 2. The molecule has 1 atom stereocenters. The number of aryl methyl sites for hydroxylation is 1. The molecule has 0 saturated heterocycles. The molecule has 1 unspecified atom stereocenters. The van der Waals surface area contributed by atoms with Crippen LogP contribution in [0.4, 0.5) is 5.69 Å². The molecule has 1 heterocycles. The molecule has 0 aliphatic carbocycles. The first-order valence-electron chi connectivity index (χ1n) is 6.31. The van der Waals surface area contributed by atoms with Crippen LogP contribution in [0.2, 0.25) is 0 Å². The molecule has 19 heavy (non-hydrogen) atoms. The molecule has 5 nitrogen and oxygen atoms in total. The SMILES string of the molecule is CN(C)c1cccc(C(Cc2cnn(C)c2)NN)c1. The van der Waals surface area contributed by atoms with Gasteiger partial charge in [-0.25, -0.2) is 0 Å². The van der Waals surface area contributed by atoms with Crippen LogP contribution in [0.3, 0.4) is 0 Å². The molecule has 1 aromatic heterocycles. The van der Waals surface area contributed by atoms with E-state index in [9.17, 15) is 0 Å². The Morgan fingerprint density at radius 3 is 2.79 bits per heavy atom. The molecule has 3 N–H and O–H groups in total. The van der Waals surface area contributed by atoms with Gasteiger partial charge >= 0.3 is 0 Å². The van der Waals surface area contributed by atoms with Crippen LogP contribution in [0.1, 0.15) is 17.2 Å². The number of anilines is 1. The topological polar surface area (TPSA) is 59.1 Å². The number of hydrazine groups is 1. The predicted molar refractivity (Wildman–Crippen MR) is 77.7 cm³/mol. The van der Waals surface area contributed by atoms with Crippen LogP contribution in [-0.4, -0.2) is 23.9 Å². The zero-order valence-electron chi connectivity index (χ0n) is 11.7. The van der Waals surface area contributed by atoms with Crippen LogP contribution >= 0.6 is 0 Å². The van der Waals surface area contributed by atoms with E-state index in [1.54, 1.807) is 4.68 Å². The van der Waals surface area contributed by atoms with Crippen molar-refractivity contribution in [3.8, 4) is 0 Å². The van der Waals surface area contributed by atoms with Gasteiger partial charge in [0.05, 0.1) is 12.2 Å². The second kappa shape index (κ2) is 5.86. The lowest BCUT2D eigenvalue weighted by Gasteiger charge is -2.19. The molecule has 0 saturated carbocycles. The highest BCUT2D eigenvalue weighted by molar-refractivity contribution is 5.48. The molecule has 5 heteroatoms. The minimum atomic E-state index is 0.0871. The summed E-state index contributed by atoms with van der Waals surface area (Å²) >= 11 is 0. The summed E-state index contributed by atoms with van der Waals surface area (Å²) in [6, 6.07) is 8.47. The van der Waals surface area contributed by atoms with Crippen LogP contribution in [0.15, 0.2) is 36.7 Å². The van der Waals surface area contributed by atoms with Crippen molar-refractivity contribution in [2.24, 2.45) is 12.9 Å². The van der Waals surface area contributed by atoms with Gasteiger partial charge < -0.3 is 4.90 Å². The highest BCUT2D eigenvalue weighted by atomic mass is 15.2. The largest absolute Gasteiger partial charge is 0.378 e. The van der Waals surface area contributed by atoms with E-state index in [1.807, 2.05) is 33.5 Å². The molecule has 0 radical (unpaired) electrons. The summed E-state index contributed by atoms with van der Waals surface area (Å²) in [5, 5.41) is 4.18. The van der Waals surface area contributed by atoms with E-state index in [-0.39, 0.29) is 6.04 Å². The van der Waals surface area contributed by atoms with E-state index < -0.39 is 0 Å². The van der Waals surface area contributed by atoms with Crippen LogP contribution in [0.25, 0.3) is 0 Å². The second-order valence-electron chi connectivity index (χ2n) is 4.94. The molecule has 0 fully saturated rings. The summed E-state index contributed by atoms with van der Waals surface area (Å²) in [5.41, 5.74) is 6.40. The number of nitrogens with zero attached hydrogens (tertiary/aromatic N) is 3. The van der Waals surface area contributed by atoms with E-state index in [1.165, 1.54) is 16.8 Å². The third-order valence-electron chi connectivity index (χ3n) is 3.19. The van der Waals surface area contributed by atoms with Crippen LogP contribution in [0, 0.1) is 0 Å². The van der Waals surface area contributed by atoms with Crippen molar-refractivity contribution in [1.29, 1.82) is 0 Å². The summed E-state index contributed by atoms with van der Waals surface area (Å²) in [7, 11) is 5.98. The molecule has 2 rings (SSSR count). The van der Waals surface area contributed by atoms with Crippen LogP contribution in [0.5, 0.6) is 0 Å². The van der Waals surface area contributed by atoms with Crippen LogP contribution < -0.4 is 16.2 Å². The fraction of sp³-hybridized carbons (Fsp3) is 0.357. The van der Waals surface area contributed by atoms with Gasteiger partial charge in [0.1, 0.15) is 0 Å². The quantitative estimate of drug-likeness (QED) is 0.626. The zero-order valence-corrected chi connectivity index (χ0v) is 11.7. The normalized spacial score (nSPS) is 12.4. The number of hydrogen-bond acceptors (Lipinski definition) is 4. The van der Waals surface area contributed by atoms with E-state index in [4.69, 9.17) is 5.84 Å². The number of nitrogens with one attached hydrogen (secondary N) is 1. The minimum Gasteiger partial charge on any atom is -0.378 e. The van der Waals surface area contributed by atoms with Gasteiger partial charge in [0.25, 0.3) is 0 Å². The van der Waals surface area contributed by atoms with Gasteiger partial charge in [-0.05, 0) is 29.7 Å². The van der Waals surface area contributed by atoms with Crippen molar-refractivity contribution in [3.05, 3.63) is 47.8 Å². The fourth-order valence-corrected chi connectivity index (χ4v) is 2.11. The Hall–Kier alpha value is -1.85. The minimum absolute atomic E-state index is 0.0871. The summed E-state index contributed by atoms with van der Waals surface area (Å²) in [6.07, 6.45) is 4.71. The van der Waals surface area contributed by atoms with Gasteiger partial charge in [-0.1, -0.05) is 12.1 Å². The van der Waals surface area contributed by atoms with Crippen molar-refractivity contribution < 1.29 is 0 Å². The monoisotopic (exact) mass is 259 g/mol. The number of nitrogens with two attached hydrogens (primary N) is 1. The first kappa shape index (κ1) is 13.6. The van der Waals surface area contributed by atoms with E-state index in [0.717, 1.165) is 6.42 Å². The Kier molecular flexibility index (Phi) is 4.19. The Morgan fingerprint density at radius 1 is 1.42 bits per heavy atom. The van der Waals surface area contributed by atoms with Gasteiger partial charge in [0, 0.05) is 33.0 Å². The molecule has 0 amide bonds. The lowest BCUT2D eigenvalue weighted by molar-refractivity contribution is 0.552. The highest BCUT2D eigenvalue weighted by Crippen LogP contribution is 2.21. The molecule has 102 valence electrons. The summed E-state index contributed by atoms with van der Waals surface area (Å²) < 4.78 is 1.80. The van der Waals surface area contributed by atoms with E-state index >= 15 is 0 Å². The Morgan fingerprint density at radius 2 is 2.21 bits per heavy atom. The second-order valence-corrected chi connectivity index (χ2v) is 4.94. The third-order valence-corrected chi connectivity index (χ3v) is 3.19. The Balaban J connectivity index is 2.19. The lowest BCUT2D eigenvalue weighted by Crippen LogP contribution is -2.29. The average molecular weight is 259 g/mol. The maximum atomic E-state index is 5.69. The van der Waals surface area contributed by atoms with Crippen molar-refractivity contribution >= 4 is 5.69 Å². The van der Waals surface area contributed by atoms with Crippen molar-refractivity contribution in [2.45, 2.75) is 12.5 Å². The van der Waals surface area contributed by atoms with E-state index in [2.05, 4.69) is 39.7 Å². The Bertz CT molecular complexity index is 532. The summed E-state index contributed by atoms with van der Waals surface area (Å²) in [5.74, 6) is 5.69. The first-order chi connectivity index (χ1) is 9.10. The van der Waals surface area contributed by atoms with Gasteiger partial charge in [0.15, 0.2) is 0 Å². The summed E-state index contributed by atoms with van der Waals surface area (Å²) in [4.78, 5) is 2.08. The molecule has 0 aliphatic heterocycles. The highest BCUT2D eigenvalue weighted by Gasteiger charge is 2.12. The fourth-order valence-electron chi connectivity index (χ4n) is 2.11. The van der Waals surface area contributed by atoms with Gasteiger partial charge in [-0.2, -0.15) is 5.10 Å². The van der Waals surface area contributed by atoms with Crippen molar-refractivity contribution in [2.75, 3.05) is 19.0 Å². The molecular formula is C14H21N5. The molecule has 0 bridgehead atoms. The molecule has 1 aromatic carbocycles. The van der Waals surface area contributed by atoms with Gasteiger partial charge in [-0.15, -0.1) is 0 Å². The average Bonchev–Trinajstić information content (AvgIpc) is 2.81. The number of rotatable bonds is 5. The van der Waals surface area contributed by atoms with Crippen molar-refractivity contribution in [1.82, 2.24) is 15.2 Å². The van der Waals surface area contributed by atoms with Gasteiger partial charge in [-0.3, -0.25) is 16.0 Å². The maximum absolute atomic E-state index is 5.69. The first-order valence-corrected chi connectivity index (χ1v) is 6.31. The summed E-state index contributed by atoms with van der Waals surface area (Å²) in [6.45, 7) is 0. The number of benzene rings is 1. The zero-order chi connectivity index (χ0) is 13.8. The van der Waals surface area contributed by atoms with E-state index in [0.29, 0.717) is 0 Å². The molecule has 2 aromatic rings. The number of hydrogen-bond donors (Lipinski definition) is 2. The molecule has 0 aliphatic rings. The van der Waals surface area contributed by atoms with Crippen molar-refractivity contribution in [3.63, 3.8) is 0 Å². The predicted octanol–water partition coefficient (Wildman–Crippen LogP) is 1.23. The Labute approximate surface area is 114 Å². The molecule has 0 spiro atoms. The lowest BCUT2D eigenvalue weighted by atomic mass is 10.0. The molecular weight excluding hydrogens is 238 g/mol.